The first kappa shape index (κ1) is 65.9. The summed E-state index contributed by atoms with van der Waals surface area (Å²) in [6.45, 7) is 0. The average Bonchev–Trinajstić information content (AvgIpc) is 0.776. The normalized spacial score (nSPS) is 11.3. The molecular formula is C88H72Ag2FP4+4. The maximum absolute atomic E-state index is 9.31. The van der Waals surface area contributed by atoms with Crippen LogP contribution in [-0.2, 0) is 68.6 Å². The van der Waals surface area contributed by atoms with Crippen molar-refractivity contribution in [3.05, 3.63) is 386 Å². The molecule has 0 aromatic heterocycles. The van der Waals surface area contributed by atoms with E-state index in [0.717, 1.165) is 24.6 Å². The quantitative estimate of drug-likeness (QED) is 0.0514. The van der Waals surface area contributed by atoms with Gasteiger partial charge in [0.15, 0.2) is 0 Å². The molecule has 0 saturated heterocycles. The smallest absolute Gasteiger partial charge is 0.0620 e. The minimum Gasteiger partial charge on any atom is -0.0620 e. The molecule has 469 valence electrons. The van der Waals surface area contributed by atoms with Gasteiger partial charge in [0.05, 0.1) is 98.8 Å². The molecule has 0 spiro atoms. The van der Waals surface area contributed by atoms with Crippen molar-refractivity contribution in [3.63, 3.8) is 0 Å². The largest absolute Gasteiger partial charge is 0.0970 e. The molecule has 16 rings (SSSR count). The topological polar surface area (TPSA) is 0 Å². The standard InChI is InChI=1S/2C44H34P2.2Ag.FH/c2*1-5-13-38(14-6-1)45(39-15-7-2-8-16-39)31-33-21-23-35-25-27-37-28-26-36-24-22-34(30-43(36)44(37)42(35)29-33)32-46(40-17-9-3-10-18-40)41-19-11-4-12-20-41;;;/h2*1-30H,31-32H2;;;1H/q;;;+1;/p+3. The van der Waals surface area contributed by atoms with Gasteiger partial charge in [-0.3, -0.25) is 0 Å². The molecule has 16 aromatic rings. The Balaban J connectivity index is 0.000000166. The Morgan fingerprint density at radius 3 is 0.505 bits per heavy atom. The van der Waals surface area contributed by atoms with Crippen LogP contribution in [-0.4, -0.2) is 0 Å². The molecule has 0 aliphatic carbocycles. The summed E-state index contributed by atoms with van der Waals surface area (Å²) in [7, 11) is -3.93. The summed E-state index contributed by atoms with van der Waals surface area (Å²) in [5.74, 6) is 0. The van der Waals surface area contributed by atoms with E-state index in [4.69, 9.17) is 0 Å². The minimum atomic E-state index is -0.983. The van der Waals surface area contributed by atoms with Crippen molar-refractivity contribution in [2.45, 2.75) is 24.6 Å². The Bertz CT molecular complexity index is 4370. The third-order valence-electron chi connectivity index (χ3n) is 18.4. The van der Waals surface area contributed by atoms with Crippen molar-refractivity contribution in [2.75, 3.05) is 0 Å². The summed E-state index contributed by atoms with van der Waals surface area (Å²) in [6, 6.07) is 136. The first-order valence-electron chi connectivity index (χ1n) is 32.3. The summed E-state index contributed by atoms with van der Waals surface area (Å²) in [4.78, 5) is 0. The van der Waals surface area contributed by atoms with Crippen LogP contribution in [0.4, 0.5) is 3.02 Å². The van der Waals surface area contributed by atoms with Gasteiger partial charge in [0.1, 0.15) is 0 Å². The van der Waals surface area contributed by atoms with Gasteiger partial charge >= 0.3 is 24.6 Å². The molecule has 0 unspecified atom stereocenters. The first-order valence-corrected chi connectivity index (χ1v) is 39.7. The van der Waals surface area contributed by atoms with Crippen LogP contribution in [0.15, 0.2) is 364 Å². The zero-order valence-corrected chi connectivity index (χ0v) is 59.4. The molecule has 0 heterocycles. The van der Waals surface area contributed by atoms with Gasteiger partial charge in [-0.05, 0) is 208 Å². The van der Waals surface area contributed by atoms with Gasteiger partial charge in [0, 0.05) is 22.4 Å². The Labute approximate surface area is 591 Å². The van der Waals surface area contributed by atoms with E-state index in [1.165, 1.54) is 151 Å². The van der Waals surface area contributed by atoms with Gasteiger partial charge in [-0.1, -0.05) is 243 Å². The monoisotopic (exact) mass is 1490 g/mol. The van der Waals surface area contributed by atoms with Gasteiger partial charge in [-0.15, -0.1) is 0 Å². The number of rotatable bonds is 16. The van der Waals surface area contributed by atoms with E-state index >= 15 is 0 Å². The SMILES string of the molecule is [Ag].[F][Ag].c1ccc([PH+](Cc2ccc3ccc4ccc5ccc(C[PH+](c6ccccc6)c6ccccc6)cc5c4c3c2)c2ccccc2)cc1.c1ccc([PH+](Cc2ccc3ccc4ccc5ccc(C[PH+](c6ccccc6)c6ccccc6)cc5c4c3c2)c2ccccc2)cc1. The molecule has 0 amide bonds. The van der Waals surface area contributed by atoms with E-state index in [0.29, 0.717) is 0 Å². The van der Waals surface area contributed by atoms with Crippen LogP contribution >= 0.6 is 31.7 Å². The first-order chi connectivity index (χ1) is 46.6. The molecule has 0 saturated carbocycles. The zero-order chi connectivity index (χ0) is 63.4. The van der Waals surface area contributed by atoms with Gasteiger partial charge in [0.25, 0.3) is 0 Å². The number of fused-ring (bicyclic) bond motifs is 10. The van der Waals surface area contributed by atoms with Crippen LogP contribution in [0.1, 0.15) is 22.3 Å². The molecule has 0 fully saturated rings. The second-order valence-electron chi connectivity index (χ2n) is 24.2. The fourth-order valence-corrected chi connectivity index (χ4v) is 24.0. The molecule has 0 aliphatic rings. The Hall–Kier alpha value is -7.79. The van der Waals surface area contributed by atoms with E-state index in [1.54, 1.807) is 0 Å². The van der Waals surface area contributed by atoms with Crippen LogP contribution in [0.5, 0.6) is 0 Å². The van der Waals surface area contributed by atoms with Crippen molar-refractivity contribution in [1.82, 2.24) is 0 Å². The molecule has 0 aliphatic heterocycles. The van der Waals surface area contributed by atoms with Crippen molar-refractivity contribution in [2.24, 2.45) is 0 Å². The van der Waals surface area contributed by atoms with Crippen molar-refractivity contribution in [3.8, 4) is 0 Å². The number of benzene rings is 16. The summed E-state index contributed by atoms with van der Waals surface area (Å²) in [5, 5.41) is 27.7. The van der Waals surface area contributed by atoms with Gasteiger partial charge in [0.2, 0.25) is 0 Å². The van der Waals surface area contributed by atoms with Crippen molar-refractivity contribution < 1.29 is 47.0 Å². The molecule has 95 heavy (non-hydrogen) atoms. The number of hydrogen-bond donors (Lipinski definition) is 0. The Kier molecular flexibility index (Phi) is 22.1. The molecule has 16 aromatic carbocycles. The van der Waals surface area contributed by atoms with Gasteiger partial charge < -0.3 is 0 Å². The fraction of sp³-hybridized carbons (Fsp3) is 0.0455. The van der Waals surface area contributed by atoms with Gasteiger partial charge in [-0.25, -0.2) is 0 Å². The van der Waals surface area contributed by atoms with E-state index in [-0.39, 0.29) is 22.4 Å². The maximum Gasteiger partial charge on any atom is 0.0970 e. The third kappa shape index (κ3) is 15.3. The summed E-state index contributed by atoms with van der Waals surface area (Å²) >= 11 is 1.45. The molecule has 0 atom stereocenters. The van der Waals surface area contributed by atoms with Crippen LogP contribution in [0, 0.1) is 0 Å². The maximum atomic E-state index is 9.31. The number of hydrogen-bond acceptors (Lipinski definition) is 0. The molecule has 0 N–H and O–H groups in total. The summed E-state index contributed by atoms with van der Waals surface area (Å²) < 4.78 is 9.31. The zero-order valence-electron chi connectivity index (χ0n) is 52.5. The Morgan fingerprint density at radius 1 is 0.189 bits per heavy atom. The molecule has 0 nitrogen and oxygen atoms in total. The van der Waals surface area contributed by atoms with E-state index in [2.05, 4.69) is 364 Å². The fourth-order valence-electron chi connectivity index (χ4n) is 13.8. The van der Waals surface area contributed by atoms with Gasteiger partial charge in [-0.2, -0.15) is 0 Å². The average molecular weight is 1490 g/mol. The second kappa shape index (κ2) is 31.8. The molecule has 1 radical (unpaired) electrons. The third-order valence-corrected chi connectivity index (χ3v) is 29.7. The molecule has 7 heteroatoms. The van der Waals surface area contributed by atoms with Crippen LogP contribution in [0.25, 0.3) is 64.6 Å². The van der Waals surface area contributed by atoms with Crippen LogP contribution in [0.3, 0.4) is 0 Å². The second-order valence-corrected chi connectivity index (χ2v) is 34.1. The summed E-state index contributed by atoms with van der Waals surface area (Å²) in [5.41, 5.74) is 5.64. The Morgan fingerprint density at radius 2 is 0.337 bits per heavy atom. The van der Waals surface area contributed by atoms with E-state index in [9.17, 15) is 3.02 Å². The van der Waals surface area contributed by atoms with Crippen molar-refractivity contribution in [1.29, 1.82) is 0 Å². The minimum absolute atomic E-state index is 0. The summed E-state index contributed by atoms with van der Waals surface area (Å²) in [6.07, 6.45) is 4.23. The van der Waals surface area contributed by atoms with E-state index < -0.39 is 31.7 Å². The predicted octanol–water partition coefficient (Wildman–Crippen LogP) is 20.2. The molecule has 0 bridgehead atoms. The van der Waals surface area contributed by atoms with Crippen molar-refractivity contribution >= 4 is 139 Å². The molecular weight excluding hydrogens is 1420 g/mol. The van der Waals surface area contributed by atoms with Crippen LogP contribution < -0.4 is 42.4 Å². The van der Waals surface area contributed by atoms with Crippen LogP contribution in [0.2, 0.25) is 0 Å². The predicted molar refractivity (Wildman–Crippen MR) is 416 cm³/mol. The van der Waals surface area contributed by atoms with E-state index in [1.807, 2.05) is 0 Å². The number of halogens is 1.